The second kappa shape index (κ2) is 4.80. The highest BCUT2D eigenvalue weighted by molar-refractivity contribution is 5.49. The lowest BCUT2D eigenvalue weighted by molar-refractivity contribution is 0.617. The van der Waals surface area contributed by atoms with Crippen LogP contribution in [0.5, 0.6) is 0 Å². The van der Waals surface area contributed by atoms with Crippen molar-refractivity contribution in [3.05, 3.63) is 23.8 Å². The molecule has 1 aliphatic rings. The van der Waals surface area contributed by atoms with Crippen molar-refractivity contribution in [3.8, 4) is 0 Å². The average Bonchev–Trinajstić information content (AvgIpc) is 2.21. The highest BCUT2D eigenvalue weighted by atomic mass is 19.1. The van der Waals surface area contributed by atoms with Crippen molar-refractivity contribution in [2.24, 2.45) is 0 Å². The SMILES string of the molecule is CC.Fc1cnc2c(c1)NCCC2. The number of hydrogen-bond acceptors (Lipinski definition) is 2. The molecule has 0 fully saturated rings. The molecular weight excluding hydrogens is 167 g/mol. The number of aromatic nitrogens is 1. The lowest BCUT2D eigenvalue weighted by Gasteiger charge is -2.15. The van der Waals surface area contributed by atoms with E-state index in [1.165, 1.54) is 12.3 Å². The van der Waals surface area contributed by atoms with E-state index < -0.39 is 0 Å². The summed E-state index contributed by atoms with van der Waals surface area (Å²) in [5.74, 6) is -0.266. The first kappa shape index (κ1) is 9.96. The first-order chi connectivity index (χ1) is 6.36. The van der Waals surface area contributed by atoms with Gasteiger partial charge in [-0.05, 0) is 12.8 Å². The highest BCUT2D eigenvalue weighted by Crippen LogP contribution is 2.19. The molecule has 0 unspecified atom stereocenters. The number of nitrogens with one attached hydrogen (secondary N) is 1. The van der Waals surface area contributed by atoms with Crippen LogP contribution >= 0.6 is 0 Å². The fraction of sp³-hybridized carbons (Fsp3) is 0.500. The van der Waals surface area contributed by atoms with Crippen molar-refractivity contribution in [2.45, 2.75) is 26.7 Å². The molecule has 1 aromatic heterocycles. The second-order valence-electron chi connectivity index (χ2n) is 2.68. The lowest BCUT2D eigenvalue weighted by atomic mass is 10.1. The fourth-order valence-corrected chi connectivity index (χ4v) is 1.30. The summed E-state index contributed by atoms with van der Waals surface area (Å²) >= 11 is 0. The molecule has 2 nitrogen and oxygen atoms in total. The van der Waals surface area contributed by atoms with E-state index in [2.05, 4.69) is 10.3 Å². The van der Waals surface area contributed by atoms with Crippen LogP contribution in [0.25, 0.3) is 0 Å². The van der Waals surface area contributed by atoms with Gasteiger partial charge in [-0.3, -0.25) is 4.98 Å². The van der Waals surface area contributed by atoms with Crippen molar-refractivity contribution in [1.29, 1.82) is 0 Å². The number of halogens is 1. The molecule has 0 amide bonds. The van der Waals surface area contributed by atoms with Crippen molar-refractivity contribution in [3.63, 3.8) is 0 Å². The van der Waals surface area contributed by atoms with E-state index in [1.807, 2.05) is 13.8 Å². The fourth-order valence-electron chi connectivity index (χ4n) is 1.30. The van der Waals surface area contributed by atoms with Gasteiger partial charge in [0.1, 0.15) is 5.82 Å². The molecule has 0 saturated carbocycles. The van der Waals surface area contributed by atoms with Gasteiger partial charge in [0, 0.05) is 12.6 Å². The summed E-state index contributed by atoms with van der Waals surface area (Å²) < 4.78 is 12.6. The van der Waals surface area contributed by atoms with Gasteiger partial charge in [0.05, 0.1) is 17.6 Å². The molecule has 0 radical (unpaired) electrons. The zero-order valence-electron chi connectivity index (χ0n) is 8.10. The highest BCUT2D eigenvalue weighted by Gasteiger charge is 2.09. The topological polar surface area (TPSA) is 24.9 Å². The summed E-state index contributed by atoms with van der Waals surface area (Å²) in [6, 6.07) is 1.50. The van der Waals surface area contributed by atoms with Crippen LogP contribution in [0.1, 0.15) is 26.0 Å². The van der Waals surface area contributed by atoms with Gasteiger partial charge in [0.2, 0.25) is 0 Å². The molecule has 1 N–H and O–H groups in total. The van der Waals surface area contributed by atoms with Gasteiger partial charge in [-0.25, -0.2) is 4.39 Å². The van der Waals surface area contributed by atoms with Gasteiger partial charge in [-0.15, -0.1) is 0 Å². The Labute approximate surface area is 78.2 Å². The molecule has 0 atom stereocenters. The number of rotatable bonds is 0. The Hall–Kier alpha value is -1.12. The number of anilines is 1. The third kappa shape index (κ3) is 2.41. The predicted octanol–water partition coefficient (Wildman–Crippen LogP) is 2.61. The quantitative estimate of drug-likeness (QED) is 0.667. The number of aryl methyl sites for hydroxylation is 1. The van der Waals surface area contributed by atoms with Gasteiger partial charge in [-0.1, -0.05) is 13.8 Å². The normalized spacial score (nSPS) is 13.5. The third-order valence-electron chi connectivity index (χ3n) is 1.84. The van der Waals surface area contributed by atoms with E-state index in [1.54, 1.807) is 0 Å². The first-order valence-electron chi connectivity index (χ1n) is 4.74. The predicted molar refractivity (Wildman–Crippen MR) is 52.4 cm³/mol. The van der Waals surface area contributed by atoms with Gasteiger partial charge in [0.15, 0.2) is 0 Å². The minimum Gasteiger partial charge on any atom is -0.383 e. The second-order valence-corrected chi connectivity index (χ2v) is 2.68. The molecule has 0 aromatic carbocycles. The lowest BCUT2D eigenvalue weighted by Crippen LogP contribution is -2.13. The Balaban J connectivity index is 0.000000396. The van der Waals surface area contributed by atoms with Crippen LogP contribution in [0.2, 0.25) is 0 Å². The first-order valence-corrected chi connectivity index (χ1v) is 4.74. The van der Waals surface area contributed by atoms with Crippen molar-refractivity contribution in [2.75, 3.05) is 11.9 Å². The molecule has 0 bridgehead atoms. The maximum atomic E-state index is 12.6. The molecule has 3 heteroatoms. The van der Waals surface area contributed by atoms with Crippen LogP contribution < -0.4 is 5.32 Å². The Morgan fingerprint density at radius 2 is 2.23 bits per heavy atom. The van der Waals surface area contributed by atoms with Gasteiger partial charge >= 0.3 is 0 Å². The molecule has 72 valence electrons. The van der Waals surface area contributed by atoms with E-state index in [4.69, 9.17) is 0 Å². The summed E-state index contributed by atoms with van der Waals surface area (Å²) in [4.78, 5) is 3.98. The molecule has 13 heavy (non-hydrogen) atoms. The number of nitrogens with zero attached hydrogens (tertiary/aromatic N) is 1. The summed E-state index contributed by atoms with van der Waals surface area (Å²) in [6.45, 7) is 4.93. The Kier molecular flexibility index (Phi) is 3.68. The van der Waals surface area contributed by atoms with Crippen molar-refractivity contribution in [1.82, 2.24) is 4.98 Å². The van der Waals surface area contributed by atoms with Crippen LogP contribution in [0.3, 0.4) is 0 Å². The van der Waals surface area contributed by atoms with Crippen molar-refractivity contribution < 1.29 is 4.39 Å². The summed E-state index contributed by atoms with van der Waals surface area (Å²) in [7, 11) is 0. The molecule has 0 saturated heterocycles. The Morgan fingerprint density at radius 3 is 3.00 bits per heavy atom. The summed E-state index contributed by atoms with van der Waals surface area (Å²) in [5, 5.41) is 3.10. The van der Waals surface area contributed by atoms with Crippen molar-refractivity contribution >= 4 is 5.69 Å². The van der Waals surface area contributed by atoms with Crippen LogP contribution in [0.4, 0.5) is 10.1 Å². The maximum absolute atomic E-state index is 12.6. The smallest absolute Gasteiger partial charge is 0.143 e. The molecule has 1 aliphatic heterocycles. The number of pyridine rings is 1. The van der Waals surface area contributed by atoms with Crippen LogP contribution in [-0.4, -0.2) is 11.5 Å². The van der Waals surface area contributed by atoms with E-state index in [0.717, 1.165) is 30.8 Å². The molecule has 0 spiro atoms. The number of fused-ring (bicyclic) bond motifs is 1. The Bertz CT molecular complexity index is 274. The average molecular weight is 182 g/mol. The zero-order chi connectivity index (χ0) is 9.68. The Morgan fingerprint density at radius 1 is 1.46 bits per heavy atom. The van der Waals surface area contributed by atoms with Gasteiger partial charge in [0.25, 0.3) is 0 Å². The van der Waals surface area contributed by atoms with Crippen LogP contribution in [0.15, 0.2) is 12.3 Å². The zero-order valence-corrected chi connectivity index (χ0v) is 8.10. The standard InChI is InChI=1S/C8H9FN2.C2H6/c9-6-4-8-7(11-5-6)2-1-3-10-8;1-2/h4-5,10H,1-3H2;1-2H3. The summed E-state index contributed by atoms with van der Waals surface area (Å²) in [5.41, 5.74) is 1.84. The van der Waals surface area contributed by atoms with Gasteiger partial charge < -0.3 is 5.32 Å². The maximum Gasteiger partial charge on any atom is 0.143 e. The minimum atomic E-state index is -0.266. The monoisotopic (exact) mass is 182 g/mol. The van der Waals surface area contributed by atoms with E-state index in [0.29, 0.717) is 0 Å². The number of hydrogen-bond donors (Lipinski definition) is 1. The molecular formula is C10H15FN2. The molecule has 1 aromatic rings. The van der Waals surface area contributed by atoms with E-state index in [9.17, 15) is 4.39 Å². The molecule has 0 aliphatic carbocycles. The molecule has 2 rings (SSSR count). The molecule has 2 heterocycles. The van der Waals surface area contributed by atoms with Crippen LogP contribution in [-0.2, 0) is 6.42 Å². The van der Waals surface area contributed by atoms with Gasteiger partial charge in [-0.2, -0.15) is 0 Å². The van der Waals surface area contributed by atoms with E-state index in [-0.39, 0.29) is 5.82 Å². The largest absolute Gasteiger partial charge is 0.383 e. The van der Waals surface area contributed by atoms with Crippen LogP contribution in [0, 0.1) is 5.82 Å². The third-order valence-corrected chi connectivity index (χ3v) is 1.84. The minimum absolute atomic E-state index is 0.266. The van der Waals surface area contributed by atoms with E-state index >= 15 is 0 Å². The summed E-state index contributed by atoms with van der Waals surface area (Å²) in [6.07, 6.45) is 3.32.